The fourth-order valence-electron chi connectivity index (χ4n) is 1.69. The minimum absolute atomic E-state index is 0.0791. The second-order valence-electron chi connectivity index (χ2n) is 4.03. The molecule has 1 N–H and O–H groups in total. The van der Waals surface area contributed by atoms with Crippen LogP contribution in [0.2, 0.25) is 0 Å². The van der Waals surface area contributed by atoms with Gasteiger partial charge < -0.3 is 9.84 Å². The number of aliphatic hydroxyl groups is 1. The van der Waals surface area contributed by atoms with Crippen LogP contribution >= 0.6 is 11.3 Å². The molecule has 6 heteroatoms. The third-order valence-corrected chi connectivity index (χ3v) is 3.38. The van der Waals surface area contributed by atoms with Crippen molar-refractivity contribution >= 4 is 11.3 Å². The van der Waals surface area contributed by atoms with Crippen molar-refractivity contribution in [1.82, 2.24) is 4.98 Å². The van der Waals surface area contributed by atoms with Crippen LogP contribution in [-0.4, -0.2) is 16.7 Å². The number of thiazole rings is 1. The van der Waals surface area contributed by atoms with Gasteiger partial charge >= 0.3 is 6.61 Å². The van der Waals surface area contributed by atoms with E-state index < -0.39 is 12.7 Å². The van der Waals surface area contributed by atoms with Gasteiger partial charge in [0.1, 0.15) is 5.75 Å². The second-order valence-corrected chi connectivity index (χ2v) is 5.09. The third kappa shape index (κ3) is 3.97. The molecule has 0 bridgehead atoms. The average molecular weight is 285 g/mol. The van der Waals surface area contributed by atoms with Crippen molar-refractivity contribution in [3.63, 3.8) is 0 Å². The summed E-state index contributed by atoms with van der Waals surface area (Å²) in [6.45, 7) is -0.939. The van der Waals surface area contributed by atoms with Gasteiger partial charge in [-0.25, -0.2) is 4.98 Å². The number of benzene rings is 1. The summed E-state index contributed by atoms with van der Waals surface area (Å²) < 4.78 is 28.2. The first-order valence-corrected chi connectivity index (χ1v) is 6.56. The maximum atomic E-state index is 12.0. The highest BCUT2D eigenvalue weighted by Crippen LogP contribution is 2.22. The molecule has 0 aliphatic heterocycles. The van der Waals surface area contributed by atoms with Crippen LogP contribution in [0.1, 0.15) is 22.4 Å². The highest BCUT2D eigenvalue weighted by molar-refractivity contribution is 7.09. The van der Waals surface area contributed by atoms with Crippen molar-refractivity contribution in [1.29, 1.82) is 0 Å². The molecule has 1 aromatic carbocycles. The second kappa shape index (κ2) is 6.08. The van der Waals surface area contributed by atoms with E-state index in [0.717, 1.165) is 10.7 Å². The van der Waals surface area contributed by atoms with Crippen molar-refractivity contribution < 1.29 is 18.6 Å². The van der Waals surface area contributed by atoms with E-state index in [1.54, 1.807) is 12.1 Å². The van der Waals surface area contributed by atoms with Gasteiger partial charge in [-0.2, -0.15) is 8.78 Å². The summed E-state index contributed by atoms with van der Waals surface area (Å²) >= 11 is 1.53. The molecule has 2 aromatic rings. The first-order valence-electron chi connectivity index (χ1n) is 5.68. The fourth-order valence-corrected chi connectivity index (χ4v) is 2.31. The van der Waals surface area contributed by atoms with E-state index in [-0.39, 0.29) is 5.75 Å². The van der Waals surface area contributed by atoms with E-state index in [2.05, 4.69) is 9.72 Å². The summed E-state index contributed by atoms with van der Waals surface area (Å²) in [5.41, 5.74) is 1.47. The van der Waals surface area contributed by atoms with Crippen LogP contribution < -0.4 is 4.74 Å². The summed E-state index contributed by atoms with van der Waals surface area (Å²) in [5, 5.41) is 12.9. The number of alkyl halides is 2. The Kier molecular flexibility index (Phi) is 4.44. The zero-order valence-electron chi connectivity index (χ0n) is 10.2. The van der Waals surface area contributed by atoms with Gasteiger partial charge in [0, 0.05) is 11.8 Å². The van der Waals surface area contributed by atoms with Gasteiger partial charge in [0.05, 0.1) is 16.8 Å². The molecular weight excluding hydrogens is 272 g/mol. The van der Waals surface area contributed by atoms with Crippen LogP contribution in [0.5, 0.6) is 5.75 Å². The summed E-state index contributed by atoms with van der Waals surface area (Å²) in [6.07, 6.45) is -0.304. The predicted molar refractivity (Wildman–Crippen MR) is 68.6 cm³/mol. The van der Waals surface area contributed by atoms with Crippen LogP contribution in [-0.2, 0) is 6.42 Å². The Hall–Kier alpha value is -1.53. The van der Waals surface area contributed by atoms with E-state index in [4.69, 9.17) is 0 Å². The number of rotatable bonds is 5. The minimum Gasteiger partial charge on any atom is -0.435 e. The van der Waals surface area contributed by atoms with Gasteiger partial charge in [0.15, 0.2) is 0 Å². The van der Waals surface area contributed by atoms with Crippen LogP contribution in [0.25, 0.3) is 0 Å². The predicted octanol–water partition coefficient (Wildman–Crippen LogP) is 3.33. The lowest BCUT2D eigenvalue weighted by molar-refractivity contribution is -0.0498. The molecule has 0 spiro atoms. The number of ether oxygens (including phenoxy) is 1. The molecule has 0 aliphatic carbocycles. The molecule has 0 radical (unpaired) electrons. The summed E-state index contributed by atoms with van der Waals surface area (Å²) in [4.78, 5) is 4.27. The lowest BCUT2D eigenvalue weighted by atomic mass is 10.1. The lowest BCUT2D eigenvalue weighted by Crippen LogP contribution is -2.04. The fraction of sp³-hybridized carbons (Fsp3) is 0.308. The molecule has 2 rings (SSSR count). The van der Waals surface area contributed by atoms with Crippen molar-refractivity contribution in [3.8, 4) is 5.75 Å². The third-order valence-electron chi connectivity index (χ3n) is 2.56. The number of aromatic nitrogens is 1. The van der Waals surface area contributed by atoms with Gasteiger partial charge in [-0.3, -0.25) is 0 Å². The van der Waals surface area contributed by atoms with Crippen LogP contribution in [0.3, 0.4) is 0 Å². The molecule has 102 valence electrons. The molecule has 1 aromatic heterocycles. The van der Waals surface area contributed by atoms with Gasteiger partial charge in [-0.1, -0.05) is 12.1 Å². The Balaban J connectivity index is 2.01. The van der Waals surface area contributed by atoms with E-state index in [9.17, 15) is 13.9 Å². The Morgan fingerprint density at radius 1 is 1.32 bits per heavy atom. The molecule has 0 aliphatic rings. The Bertz CT molecular complexity index is 528. The Morgan fingerprint density at radius 2 is 2.00 bits per heavy atom. The Labute approximate surface area is 113 Å². The maximum absolute atomic E-state index is 12.0. The average Bonchev–Trinajstić information content (AvgIpc) is 2.75. The molecule has 19 heavy (non-hydrogen) atoms. The molecule has 1 atom stereocenters. The standard InChI is InChI=1S/C13H13F2NO2S/c1-8-16-10(7-19-8)6-12(17)9-2-4-11(5-3-9)18-13(14)15/h2-5,7,12-13,17H,6H2,1H3. The van der Waals surface area contributed by atoms with Crippen LogP contribution in [0, 0.1) is 6.92 Å². The van der Waals surface area contributed by atoms with Gasteiger partial charge in [-0.15, -0.1) is 11.3 Å². The van der Waals surface area contributed by atoms with Crippen molar-refractivity contribution in [2.24, 2.45) is 0 Å². The number of hydrogen-bond donors (Lipinski definition) is 1. The summed E-state index contributed by atoms with van der Waals surface area (Å²) in [6, 6.07) is 5.97. The number of hydrogen-bond acceptors (Lipinski definition) is 4. The van der Waals surface area contributed by atoms with E-state index in [1.807, 2.05) is 12.3 Å². The molecule has 0 saturated heterocycles. The quantitative estimate of drug-likeness (QED) is 0.916. The molecule has 0 fully saturated rings. The molecular formula is C13H13F2NO2S. The van der Waals surface area contributed by atoms with Crippen molar-refractivity contribution in [2.75, 3.05) is 0 Å². The van der Waals surface area contributed by atoms with Crippen molar-refractivity contribution in [3.05, 3.63) is 45.9 Å². The first kappa shape index (κ1) is 13.9. The van der Waals surface area contributed by atoms with Gasteiger partial charge in [-0.05, 0) is 24.6 Å². The molecule has 1 unspecified atom stereocenters. The SMILES string of the molecule is Cc1nc(CC(O)c2ccc(OC(F)F)cc2)cs1. The van der Waals surface area contributed by atoms with E-state index >= 15 is 0 Å². The number of nitrogens with zero attached hydrogens (tertiary/aromatic N) is 1. The molecule has 3 nitrogen and oxygen atoms in total. The highest BCUT2D eigenvalue weighted by Gasteiger charge is 2.11. The molecule has 1 heterocycles. The van der Waals surface area contributed by atoms with Crippen LogP contribution in [0.4, 0.5) is 8.78 Å². The van der Waals surface area contributed by atoms with Crippen LogP contribution in [0.15, 0.2) is 29.6 Å². The first-order chi connectivity index (χ1) is 9.04. The number of aliphatic hydroxyl groups excluding tert-OH is 1. The summed E-state index contributed by atoms with van der Waals surface area (Å²) in [5.74, 6) is 0.0791. The normalized spacial score (nSPS) is 12.7. The minimum atomic E-state index is -2.84. The monoisotopic (exact) mass is 285 g/mol. The maximum Gasteiger partial charge on any atom is 0.387 e. The lowest BCUT2D eigenvalue weighted by Gasteiger charge is -2.10. The molecule has 0 saturated carbocycles. The van der Waals surface area contributed by atoms with Gasteiger partial charge in [0.25, 0.3) is 0 Å². The van der Waals surface area contributed by atoms with E-state index in [1.165, 1.54) is 23.5 Å². The van der Waals surface area contributed by atoms with Crippen molar-refractivity contribution in [2.45, 2.75) is 26.1 Å². The zero-order chi connectivity index (χ0) is 13.8. The highest BCUT2D eigenvalue weighted by atomic mass is 32.1. The largest absolute Gasteiger partial charge is 0.435 e. The zero-order valence-corrected chi connectivity index (χ0v) is 11.0. The number of halogens is 2. The molecule has 0 amide bonds. The Morgan fingerprint density at radius 3 is 2.53 bits per heavy atom. The smallest absolute Gasteiger partial charge is 0.387 e. The topological polar surface area (TPSA) is 42.4 Å². The van der Waals surface area contributed by atoms with Gasteiger partial charge in [0.2, 0.25) is 0 Å². The van der Waals surface area contributed by atoms with E-state index in [0.29, 0.717) is 12.0 Å². The summed E-state index contributed by atoms with van der Waals surface area (Å²) in [7, 11) is 0. The number of aryl methyl sites for hydroxylation is 1.